The van der Waals surface area contributed by atoms with Gasteiger partial charge in [0.2, 0.25) is 0 Å². The number of hydrogen-bond acceptors (Lipinski definition) is 3. The third-order valence-corrected chi connectivity index (χ3v) is 2.57. The Balaban J connectivity index is 3.01. The molecule has 1 aromatic carbocycles. The highest BCUT2D eigenvalue weighted by Crippen LogP contribution is 2.34. The lowest BCUT2D eigenvalue weighted by atomic mass is 10.2. The van der Waals surface area contributed by atoms with Crippen LogP contribution in [0.5, 0.6) is 11.5 Å². The first kappa shape index (κ1) is 14.7. The van der Waals surface area contributed by atoms with Gasteiger partial charge >= 0.3 is 0 Å². The summed E-state index contributed by atoms with van der Waals surface area (Å²) in [6.07, 6.45) is 0. The molecule has 1 aromatic rings. The smallest absolute Gasteiger partial charge is 0.167 e. The Bertz CT molecular complexity index is 449. The lowest BCUT2D eigenvalue weighted by Gasteiger charge is -2.14. The Hall–Kier alpha value is -1.37. The van der Waals surface area contributed by atoms with E-state index in [4.69, 9.17) is 21.1 Å². The van der Waals surface area contributed by atoms with Crippen LogP contribution in [-0.4, -0.2) is 20.3 Å². The summed E-state index contributed by atoms with van der Waals surface area (Å²) in [7, 11) is 1.60. The van der Waals surface area contributed by atoms with E-state index in [1.807, 2.05) is 13.0 Å². The van der Waals surface area contributed by atoms with Crippen molar-refractivity contribution in [3.63, 3.8) is 0 Å². The van der Waals surface area contributed by atoms with Gasteiger partial charge in [-0.1, -0.05) is 24.4 Å². The van der Waals surface area contributed by atoms with Gasteiger partial charge in [0.1, 0.15) is 6.61 Å². The Morgan fingerprint density at radius 2 is 2.17 bits per heavy atom. The van der Waals surface area contributed by atoms with E-state index in [1.54, 1.807) is 20.1 Å². The molecule has 0 amide bonds. The first-order valence-corrected chi connectivity index (χ1v) is 6.20. The Morgan fingerprint density at radius 3 is 2.78 bits per heavy atom. The number of benzene rings is 1. The number of nitrogens with one attached hydrogen (secondary N) is 1. The molecule has 18 heavy (non-hydrogen) atoms. The van der Waals surface area contributed by atoms with Gasteiger partial charge in [-0.05, 0) is 19.5 Å². The van der Waals surface area contributed by atoms with Gasteiger partial charge in [-0.2, -0.15) is 0 Å². The van der Waals surface area contributed by atoms with Crippen LogP contribution in [0.15, 0.2) is 12.1 Å². The molecule has 0 saturated heterocycles. The highest BCUT2D eigenvalue weighted by atomic mass is 35.5. The second kappa shape index (κ2) is 7.86. The lowest BCUT2D eigenvalue weighted by Crippen LogP contribution is -2.13. The summed E-state index contributed by atoms with van der Waals surface area (Å²) < 4.78 is 10.9. The molecule has 0 unspecified atom stereocenters. The summed E-state index contributed by atoms with van der Waals surface area (Å²) >= 11 is 6.05. The van der Waals surface area contributed by atoms with Crippen molar-refractivity contribution < 1.29 is 9.47 Å². The van der Waals surface area contributed by atoms with Gasteiger partial charge in [-0.15, -0.1) is 5.92 Å². The van der Waals surface area contributed by atoms with Crippen molar-refractivity contribution in [1.29, 1.82) is 0 Å². The molecular weight excluding hydrogens is 250 g/mol. The van der Waals surface area contributed by atoms with E-state index in [0.717, 1.165) is 12.1 Å². The maximum Gasteiger partial charge on any atom is 0.167 e. The maximum atomic E-state index is 6.05. The van der Waals surface area contributed by atoms with Gasteiger partial charge in [0.15, 0.2) is 11.5 Å². The van der Waals surface area contributed by atoms with Gasteiger partial charge in [-0.3, -0.25) is 0 Å². The minimum Gasteiger partial charge on any atom is -0.493 e. The predicted molar refractivity (Wildman–Crippen MR) is 74.3 cm³/mol. The van der Waals surface area contributed by atoms with Crippen LogP contribution in [0.3, 0.4) is 0 Å². The third-order valence-electron chi connectivity index (χ3n) is 2.35. The molecule has 0 aliphatic heterocycles. The quantitative estimate of drug-likeness (QED) is 0.804. The van der Waals surface area contributed by atoms with Crippen molar-refractivity contribution >= 4 is 11.6 Å². The second-order valence-corrected chi connectivity index (χ2v) is 4.03. The molecule has 0 aromatic heterocycles. The summed E-state index contributed by atoms with van der Waals surface area (Å²) in [5.74, 6) is 6.99. The molecule has 0 saturated carbocycles. The van der Waals surface area contributed by atoms with Crippen LogP contribution < -0.4 is 14.8 Å². The van der Waals surface area contributed by atoms with Crippen LogP contribution in [0, 0.1) is 11.8 Å². The molecule has 98 valence electrons. The van der Waals surface area contributed by atoms with E-state index in [9.17, 15) is 0 Å². The number of rotatable bonds is 6. The summed E-state index contributed by atoms with van der Waals surface area (Å²) in [5.41, 5.74) is 0.971. The number of methoxy groups -OCH3 is 1. The van der Waals surface area contributed by atoms with Gasteiger partial charge in [0.05, 0.1) is 7.11 Å². The summed E-state index contributed by atoms with van der Waals surface area (Å²) in [4.78, 5) is 0. The summed E-state index contributed by atoms with van der Waals surface area (Å²) in [6, 6.07) is 3.62. The fourth-order valence-corrected chi connectivity index (χ4v) is 1.74. The molecule has 1 N–H and O–H groups in total. The van der Waals surface area contributed by atoms with Crippen molar-refractivity contribution in [2.75, 3.05) is 20.3 Å². The topological polar surface area (TPSA) is 30.5 Å². The third kappa shape index (κ3) is 4.14. The fourth-order valence-electron chi connectivity index (χ4n) is 1.51. The summed E-state index contributed by atoms with van der Waals surface area (Å²) in [6.45, 7) is 5.73. The van der Waals surface area contributed by atoms with Crippen LogP contribution >= 0.6 is 11.6 Å². The van der Waals surface area contributed by atoms with Crippen LogP contribution in [0.25, 0.3) is 0 Å². The number of halogens is 1. The molecule has 0 bridgehead atoms. The highest BCUT2D eigenvalue weighted by Gasteiger charge is 2.12. The highest BCUT2D eigenvalue weighted by molar-refractivity contribution is 6.30. The van der Waals surface area contributed by atoms with Crippen LogP contribution in [-0.2, 0) is 6.54 Å². The van der Waals surface area contributed by atoms with E-state index in [-0.39, 0.29) is 0 Å². The van der Waals surface area contributed by atoms with Gasteiger partial charge in [0, 0.05) is 23.2 Å². The van der Waals surface area contributed by atoms with Crippen molar-refractivity contribution in [2.45, 2.75) is 20.4 Å². The van der Waals surface area contributed by atoms with Crippen LogP contribution in [0.1, 0.15) is 19.4 Å². The standard InChI is InChI=1S/C14H18ClNO2/c1-4-6-7-18-14-11(10-16-5-2)8-12(15)9-13(14)17-3/h8-9,16H,5,7,10H2,1-3H3. The van der Waals surface area contributed by atoms with Gasteiger partial charge in [-0.25, -0.2) is 0 Å². The lowest BCUT2D eigenvalue weighted by molar-refractivity contribution is 0.326. The first-order chi connectivity index (χ1) is 8.72. The molecule has 0 heterocycles. The molecule has 0 spiro atoms. The molecule has 1 rings (SSSR count). The van der Waals surface area contributed by atoms with Crippen LogP contribution in [0.2, 0.25) is 5.02 Å². The fraction of sp³-hybridized carbons (Fsp3) is 0.429. The first-order valence-electron chi connectivity index (χ1n) is 5.82. The maximum absolute atomic E-state index is 6.05. The number of ether oxygens (including phenoxy) is 2. The molecular formula is C14H18ClNO2. The van der Waals surface area contributed by atoms with Gasteiger partial charge in [0.25, 0.3) is 0 Å². The van der Waals surface area contributed by atoms with Crippen molar-refractivity contribution in [2.24, 2.45) is 0 Å². The van der Waals surface area contributed by atoms with E-state index >= 15 is 0 Å². The second-order valence-electron chi connectivity index (χ2n) is 3.59. The normalized spacial score (nSPS) is 9.56. The molecule has 0 aliphatic rings. The monoisotopic (exact) mass is 267 g/mol. The number of hydrogen-bond donors (Lipinski definition) is 1. The minimum atomic E-state index is 0.341. The minimum absolute atomic E-state index is 0.341. The largest absolute Gasteiger partial charge is 0.493 e. The molecule has 3 nitrogen and oxygen atoms in total. The molecule has 0 fully saturated rings. The average molecular weight is 268 g/mol. The van der Waals surface area contributed by atoms with Crippen LogP contribution in [0.4, 0.5) is 0 Å². The van der Waals surface area contributed by atoms with E-state index < -0.39 is 0 Å². The summed E-state index contributed by atoms with van der Waals surface area (Å²) in [5, 5.41) is 3.88. The van der Waals surface area contributed by atoms with E-state index in [0.29, 0.717) is 29.7 Å². The Kier molecular flexibility index (Phi) is 6.42. The van der Waals surface area contributed by atoms with Crippen molar-refractivity contribution in [3.05, 3.63) is 22.7 Å². The average Bonchev–Trinajstić information content (AvgIpc) is 2.37. The Morgan fingerprint density at radius 1 is 1.39 bits per heavy atom. The van der Waals surface area contributed by atoms with E-state index in [1.165, 1.54) is 0 Å². The predicted octanol–water partition coefficient (Wildman–Crippen LogP) is 2.86. The molecule has 0 atom stereocenters. The molecule has 4 heteroatoms. The van der Waals surface area contributed by atoms with Crippen molar-refractivity contribution in [3.8, 4) is 23.3 Å². The van der Waals surface area contributed by atoms with E-state index in [2.05, 4.69) is 17.2 Å². The molecule has 0 radical (unpaired) electrons. The Labute approximate surface area is 113 Å². The SMILES string of the molecule is CC#CCOc1c(CNCC)cc(Cl)cc1OC. The zero-order valence-corrected chi connectivity index (χ0v) is 11.7. The zero-order valence-electron chi connectivity index (χ0n) is 11.0. The molecule has 0 aliphatic carbocycles. The van der Waals surface area contributed by atoms with Crippen molar-refractivity contribution in [1.82, 2.24) is 5.32 Å². The van der Waals surface area contributed by atoms with Gasteiger partial charge < -0.3 is 14.8 Å². The zero-order chi connectivity index (χ0) is 13.4.